The van der Waals surface area contributed by atoms with E-state index < -0.39 is 0 Å². The minimum Gasteiger partial charge on any atom is -0.368 e. The molecular formula is C13H17NO. The molecule has 0 N–H and O–H groups in total. The van der Waals surface area contributed by atoms with Crippen LogP contribution in [0.5, 0.6) is 0 Å². The van der Waals surface area contributed by atoms with E-state index in [0.29, 0.717) is 18.1 Å². The lowest BCUT2D eigenvalue weighted by atomic mass is 10.00. The van der Waals surface area contributed by atoms with Crippen molar-refractivity contribution in [2.45, 2.75) is 25.7 Å². The Kier molecular flexibility index (Phi) is 2.26. The molecule has 2 saturated heterocycles. The van der Waals surface area contributed by atoms with Gasteiger partial charge < -0.3 is 4.74 Å². The zero-order valence-electron chi connectivity index (χ0n) is 9.10. The normalized spacial score (nSPS) is 34.9. The van der Waals surface area contributed by atoms with Gasteiger partial charge in [0.15, 0.2) is 0 Å². The SMILES string of the molecule is C[C@@H]1CN(Cc2ccccc2)C[C@H]2O[C@H]12. The number of hydrogen-bond acceptors (Lipinski definition) is 2. The molecule has 3 atom stereocenters. The third-order valence-electron chi connectivity index (χ3n) is 3.42. The fourth-order valence-electron chi connectivity index (χ4n) is 2.61. The second-order valence-corrected chi connectivity index (χ2v) is 4.80. The molecule has 1 aromatic rings. The number of rotatable bonds is 2. The quantitative estimate of drug-likeness (QED) is 0.682. The fourth-order valence-corrected chi connectivity index (χ4v) is 2.61. The van der Waals surface area contributed by atoms with Crippen LogP contribution in [0.1, 0.15) is 12.5 Å². The van der Waals surface area contributed by atoms with Gasteiger partial charge in [-0.3, -0.25) is 4.90 Å². The first kappa shape index (κ1) is 9.37. The molecular weight excluding hydrogens is 186 g/mol. The van der Waals surface area contributed by atoms with E-state index in [-0.39, 0.29) is 0 Å². The Labute approximate surface area is 90.8 Å². The second kappa shape index (κ2) is 3.62. The Balaban J connectivity index is 1.64. The first-order valence-corrected chi connectivity index (χ1v) is 5.74. The molecule has 0 aromatic heterocycles. The van der Waals surface area contributed by atoms with E-state index in [1.165, 1.54) is 12.1 Å². The van der Waals surface area contributed by atoms with Crippen molar-refractivity contribution in [3.63, 3.8) is 0 Å². The van der Waals surface area contributed by atoms with Gasteiger partial charge in [0.2, 0.25) is 0 Å². The highest BCUT2D eigenvalue weighted by molar-refractivity contribution is 5.15. The maximum absolute atomic E-state index is 5.62. The number of epoxide rings is 1. The van der Waals surface area contributed by atoms with E-state index in [2.05, 4.69) is 42.2 Å². The number of benzene rings is 1. The minimum absolute atomic E-state index is 0.525. The van der Waals surface area contributed by atoms with Crippen molar-refractivity contribution in [3.8, 4) is 0 Å². The summed E-state index contributed by atoms with van der Waals surface area (Å²) >= 11 is 0. The Morgan fingerprint density at radius 3 is 2.80 bits per heavy atom. The molecule has 15 heavy (non-hydrogen) atoms. The molecule has 0 saturated carbocycles. The number of hydrogen-bond donors (Lipinski definition) is 0. The summed E-state index contributed by atoms with van der Waals surface area (Å²) in [6.07, 6.45) is 1.09. The monoisotopic (exact) mass is 203 g/mol. The number of fused-ring (bicyclic) bond motifs is 1. The van der Waals surface area contributed by atoms with E-state index in [1.54, 1.807) is 0 Å². The van der Waals surface area contributed by atoms with Crippen LogP contribution in [0.15, 0.2) is 30.3 Å². The Bertz CT molecular complexity index is 338. The van der Waals surface area contributed by atoms with Gasteiger partial charge in [0.1, 0.15) is 0 Å². The van der Waals surface area contributed by atoms with Crippen molar-refractivity contribution in [3.05, 3.63) is 35.9 Å². The maximum Gasteiger partial charge on any atom is 0.0971 e. The van der Waals surface area contributed by atoms with Crippen molar-refractivity contribution >= 4 is 0 Å². The van der Waals surface area contributed by atoms with E-state index in [4.69, 9.17) is 4.74 Å². The number of nitrogens with zero attached hydrogens (tertiary/aromatic N) is 1. The van der Waals surface area contributed by atoms with Crippen LogP contribution in [0, 0.1) is 5.92 Å². The second-order valence-electron chi connectivity index (χ2n) is 4.80. The molecule has 0 aliphatic carbocycles. The molecule has 2 nitrogen and oxygen atoms in total. The van der Waals surface area contributed by atoms with E-state index in [1.807, 2.05) is 0 Å². The zero-order valence-corrected chi connectivity index (χ0v) is 9.10. The van der Waals surface area contributed by atoms with Crippen LogP contribution in [0.25, 0.3) is 0 Å². The molecule has 2 aliphatic rings. The summed E-state index contributed by atoms with van der Waals surface area (Å²) in [5, 5.41) is 0. The van der Waals surface area contributed by atoms with Crippen LogP contribution in [-0.4, -0.2) is 30.2 Å². The van der Waals surface area contributed by atoms with Gasteiger partial charge in [-0.1, -0.05) is 37.3 Å². The van der Waals surface area contributed by atoms with Crippen molar-refractivity contribution in [1.82, 2.24) is 4.90 Å². The number of ether oxygens (including phenoxy) is 1. The van der Waals surface area contributed by atoms with Gasteiger partial charge in [-0.05, 0) is 11.5 Å². The van der Waals surface area contributed by atoms with Crippen LogP contribution in [0.3, 0.4) is 0 Å². The van der Waals surface area contributed by atoms with Gasteiger partial charge in [0, 0.05) is 19.6 Å². The first-order valence-electron chi connectivity index (χ1n) is 5.74. The summed E-state index contributed by atoms with van der Waals surface area (Å²) in [7, 11) is 0. The van der Waals surface area contributed by atoms with Crippen LogP contribution in [-0.2, 0) is 11.3 Å². The molecule has 3 rings (SSSR count). The number of likely N-dealkylation sites (tertiary alicyclic amines) is 1. The standard InChI is InChI=1S/C13H17NO/c1-10-7-14(9-12-13(10)15-12)8-11-5-3-2-4-6-11/h2-6,10,12-13H,7-9H2,1H3/t10-,12-,13-/m1/s1. The molecule has 0 unspecified atom stereocenters. The summed E-state index contributed by atoms with van der Waals surface area (Å²) < 4.78 is 5.62. The Hall–Kier alpha value is -0.860. The van der Waals surface area contributed by atoms with Gasteiger partial charge in [-0.2, -0.15) is 0 Å². The van der Waals surface area contributed by atoms with Gasteiger partial charge in [-0.25, -0.2) is 0 Å². The summed E-state index contributed by atoms with van der Waals surface area (Å²) in [5.41, 5.74) is 1.41. The van der Waals surface area contributed by atoms with Crippen LogP contribution < -0.4 is 0 Å². The van der Waals surface area contributed by atoms with Crippen LogP contribution >= 0.6 is 0 Å². The summed E-state index contributed by atoms with van der Waals surface area (Å²) in [6.45, 7) is 5.65. The van der Waals surface area contributed by atoms with E-state index in [9.17, 15) is 0 Å². The summed E-state index contributed by atoms with van der Waals surface area (Å²) in [4.78, 5) is 2.51. The predicted molar refractivity (Wildman–Crippen MR) is 59.5 cm³/mol. The average Bonchev–Trinajstić information content (AvgIpc) is 2.99. The molecule has 0 amide bonds. The van der Waals surface area contributed by atoms with Crippen molar-refractivity contribution in [1.29, 1.82) is 0 Å². The van der Waals surface area contributed by atoms with Crippen molar-refractivity contribution < 1.29 is 4.74 Å². The van der Waals surface area contributed by atoms with E-state index in [0.717, 1.165) is 13.1 Å². The molecule has 0 spiro atoms. The average molecular weight is 203 g/mol. The zero-order chi connectivity index (χ0) is 10.3. The third-order valence-corrected chi connectivity index (χ3v) is 3.42. The topological polar surface area (TPSA) is 15.8 Å². The lowest BCUT2D eigenvalue weighted by molar-refractivity contribution is 0.202. The third kappa shape index (κ3) is 1.92. The largest absolute Gasteiger partial charge is 0.368 e. The minimum atomic E-state index is 0.525. The summed E-state index contributed by atoms with van der Waals surface area (Å²) in [6, 6.07) is 10.7. The van der Waals surface area contributed by atoms with Crippen LogP contribution in [0.4, 0.5) is 0 Å². The highest BCUT2D eigenvalue weighted by Crippen LogP contribution is 2.35. The Morgan fingerprint density at radius 1 is 1.27 bits per heavy atom. The fraction of sp³-hybridized carbons (Fsp3) is 0.538. The lowest BCUT2D eigenvalue weighted by Gasteiger charge is -2.27. The van der Waals surface area contributed by atoms with Crippen LogP contribution in [0.2, 0.25) is 0 Å². The highest BCUT2D eigenvalue weighted by Gasteiger charge is 2.47. The first-order chi connectivity index (χ1) is 7.33. The van der Waals surface area contributed by atoms with Gasteiger partial charge in [0.05, 0.1) is 12.2 Å². The molecule has 0 bridgehead atoms. The smallest absolute Gasteiger partial charge is 0.0971 e. The molecule has 80 valence electrons. The maximum atomic E-state index is 5.62. The molecule has 0 radical (unpaired) electrons. The van der Waals surface area contributed by atoms with Gasteiger partial charge in [0.25, 0.3) is 0 Å². The van der Waals surface area contributed by atoms with Crippen molar-refractivity contribution in [2.75, 3.05) is 13.1 Å². The highest BCUT2D eigenvalue weighted by atomic mass is 16.6. The van der Waals surface area contributed by atoms with E-state index >= 15 is 0 Å². The molecule has 2 heterocycles. The number of piperidine rings is 1. The lowest BCUT2D eigenvalue weighted by Crippen LogP contribution is -2.38. The molecule has 2 aliphatic heterocycles. The van der Waals surface area contributed by atoms with Crippen molar-refractivity contribution in [2.24, 2.45) is 5.92 Å². The Morgan fingerprint density at radius 2 is 2.07 bits per heavy atom. The predicted octanol–water partition coefficient (Wildman–Crippen LogP) is 1.91. The van der Waals surface area contributed by atoms with Gasteiger partial charge >= 0.3 is 0 Å². The molecule has 2 heteroatoms. The van der Waals surface area contributed by atoms with Gasteiger partial charge in [-0.15, -0.1) is 0 Å². The molecule has 2 fully saturated rings. The molecule has 1 aromatic carbocycles. The summed E-state index contributed by atoms with van der Waals surface area (Å²) in [5.74, 6) is 0.701.